The Kier molecular flexibility index (Phi) is 7.30. The zero-order chi connectivity index (χ0) is 27.0. The van der Waals surface area contributed by atoms with E-state index in [0.717, 1.165) is 18.4 Å². The Morgan fingerprint density at radius 2 is 1.87 bits per heavy atom. The van der Waals surface area contributed by atoms with Crippen LogP contribution in [0.1, 0.15) is 52.8 Å². The van der Waals surface area contributed by atoms with Gasteiger partial charge in [-0.15, -0.1) is 0 Å². The number of hydrogen-bond donors (Lipinski definition) is 3. The summed E-state index contributed by atoms with van der Waals surface area (Å²) >= 11 is 3.39. The van der Waals surface area contributed by atoms with Crippen molar-refractivity contribution < 1.29 is 27.1 Å². The van der Waals surface area contributed by atoms with E-state index >= 15 is 0 Å². The number of amides is 1. The molecular weight excluding hydrogens is 575 g/mol. The summed E-state index contributed by atoms with van der Waals surface area (Å²) in [6, 6.07) is 16.2. The summed E-state index contributed by atoms with van der Waals surface area (Å²) in [6.07, 6.45) is 0.860. The van der Waals surface area contributed by atoms with Crippen molar-refractivity contribution in [1.29, 1.82) is 0 Å². The Bertz CT molecular complexity index is 1610. The second-order valence-corrected chi connectivity index (χ2v) is 12.0. The minimum absolute atomic E-state index is 0.00917. The van der Waals surface area contributed by atoms with E-state index in [9.17, 15) is 22.7 Å². The smallest absolute Gasteiger partial charge is 0.255 e. The first-order chi connectivity index (χ1) is 18.2. The Morgan fingerprint density at radius 3 is 2.53 bits per heavy atom. The molecule has 0 bridgehead atoms. The number of sulfonamides is 1. The fourth-order valence-corrected chi connectivity index (χ4v) is 6.22. The van der Waals surface area contributed by atoms with Gasteiger partial charge < -0.3 is 14.8 Å². The van der Waals surface area contributed by atoms with Gasteiger partial charge in [0, 0.05) is 28.5 Å². The van der Waals surface area contributed by atoms with Gasteiger partial charge in [0.15, 0.2) is 0 Å². The lowest BCUT2D eigenvalue weighted by Crippen LogP contribution is -2.20. The fraction of sp³-hybridized carbons (Fsp3) is 0.250. The van der Waals surface area contributed by atoms with E-state index in [2.05, 4.69) is 26.0 Å². The SMILES string of the molecule is CNC(=O)c1c(-c2ccc(F)cc2)oc2cc(NS(=O)(=O)CCC(O)c3ccccc3Br)c(C3CC3)cc12. The van der Waals surface area contributed by atoms with Gasteiger partial charge in [0.25, 0.3) is 5.91 Å². The highest BCUT2D eigenvalue weighted by Crippen LogP contribution is 2.47. The zero-order valence-electron chi connectivity index (χ0n) is 20.5. The predicted molar refractivity (Wildman–Crippen MR) is 148 cm³/mol. The van der Waals surface area contributed by atoms with Crippen LogP contribution in [0, 0.1) is 5.82 Å². The molecule has 7 nitrogen and oxygen atoms in total. The number of furan rings is 1. The number of aliphatic hydroxyl groups is 1. The van der Waals surface area contributed by atoms with E-state index in [4.69, 9.17) is 4.42 Å². The van der Waals surface area contributed by atoms with Gasteiger partial charge >= 0.3 is 0 Å². The summed E-state index contributed by atoms with van der Waals surface area (Å²) in [6.45, 7) is 0. The van der Waals surface area contributed by atoms with Crippen LogP contribution >= 0.6 is 15.9 Å². The second kappa shape index (κ2) is 10.5. The number of aliphatic hydroxyl groups excluding tert-OH is 1. The highest BCUT2D eigenvalue weighted by Gasteiger charge is 2.31. The topological polar surface area (TPSA) is 109 Å². The standard InChI is InChI=1S/C28H26BrFN2O5S/c1-31-28(34)26-21-14-20(16-6-7-16)23(15-25(21)37-27(26)17-8-10-18(30)11-9-17)32-38(35,36)13-12-24(33)19-4-2-3-5-22(19)29/h2-5,8-11,14-16,24,32-33H,6-7,12-13H2,1H3,(H,31,34). The maximum absolute atomic E-state index is 13.5. The number of fused-ring (bicyclic) bond motifs is 1. The molecule has 5 rings (SSSR count). The molecule has 1 heterocycles. The van der Waals surface area contributed by atoms with Gasteiger partial charge in [0.1, 0.15) is 17.2 Å². The predicted octanol–water partition coefficient (Wildman–Crippen LogP) is 6.10. The number of hydrogen-bond acceptors (Lipinski definition) is 5. The number of nitrogens with one attached hydrogen (secondary N) is 2. The maximum Gasteiger partial charge on any atom is 0.255 e. The van der Waals surface area contributed by atoms with E-state index in [-0.39, 0.29) is 29.8 Å². The van der Waals surface area contributed by atoms with Gasteiger partial charge in [-0.3, -0.25) is 9.52 Å². The molecule has 4 aromatic rings. The summed E-state index contributed by atoms with van der Waals surface area (Å²) in [5, 5.41) is 13.7. The monoisotopic (exact) mass is 600 g/mol. The first-order valence-corrected chi connectivity index (χ1v) is 14.6. The lowest BCUT2D eigenvalue weighted by Gasteiger charge is -2.15. The number of rotatable bonds is 9. The van der Waals surface area contributed by atoms with Crippen LogP contribution in [0.3, 0.4) is 0 Å². The highest BCUT2D eigenvalue weighted by atomic mass is 79.9. The first kappa shape index (κ1) is 26.4. The van der Waals surface area contributed by atoms with Crippen molar-refractivity contribution in [1.82, 2.24) is 5.32 Å². The van der Waals surface area contributed by atoms with Crippen molar-refractivity contribution in [2.45, 2.75) is 31.3 Å². The molecule has 1 saturated carbocycles. The second-order valence-electron chi connectivity index (χ2n) is 9.35. The molecule has 1 aliphatic rings. The van der Waals surface area contributed by atoms with Crippen LogP contribution in [0.4, 0.5) is 10.1 Å². The average molecular weight is 601 g/mol. The van der Waals surface area contributed by atoms with E-state index < -0.39 is 21.9 Å². The molecule has 1 fully saturated rings. The quantitative estimate of drug-likeness (QED) is 0.215. The van der Waals surface area contributed by atoms with E-state index in [0.29, 0.717) is 37.8 Å². The van der Waals surface area contributed by atoms with Crippen LogP contribution in [0.5, 0.6) is 0 Å². The van der Waals surface area contributed by atoms with E-state index in [1.807, 2.05) is 12.1 Å². The molecule has 0 aliphatic heterocycles. The van der Waals surface area contributed by atoms with Gasteiger partial charge in [0.05, 0.1) is 23.1 Å². The Hall–Kier alpha value is -3.21. The molecule has 1 atom stereocenters. The first-order valence-electron chi connectivity index (χ1n) is 12.2. The molecule has 1 unspecified atom stereocenters. The number of halogens is 2. The minimum atomic E-state index is -3.82. The largest absolute Gasteiger partial charge is 0.455 e. The molecule has 1 amide bonds. The van der Waals surface area contributed by atoms with Crippen molar-refractivity contribution in [2.75, 3.05) is 17.5 Å². The molecular formula is C28H26BrFN2O5S. The lowest BCUT2D eigenvalue weighted by molar-refractivity contribution is 0.0964. The minimum Gasteiger partial charge on any atom is -0.455 e. The summed E-state index contributed by atoms with van der Waals surface area (Å²) in [4.78, 5) is 12.9. The maximum atomic E-state index is 13.5. The third-order valence-electron chi connectivity index (χ3n) is 6.63. The van der Waals surface area contributed by atoms with Crippen LogP contribution in [0.15, 0.2) is 69.6 Å². The summed E-state index contributed by atoms with van der Waals surface area (Å²) < 4.78 is 49.1. The van der Waals surface area contributed by atoms with Gasteiger partial charge in [-0.25, -0.2) is 12.8 Å². The summed E-state index contributed by atoms with van der Waals surface area (Å²) in [5.74, 6) is -0.634. The van der Waals surface area contributed by atoms with Gasteiger partial charge in [-0.05, 0) is 72.7 Å². The molecule has 0 radical (unpaired) electrons. The van der Waals surface area contributed by atoms with Crippen molar-refractivity contribution in [3.8, 4) is 11.3 Å². The molecule has 3 aromatic carbocycles. The van der Waals surface area contributed by atoms with Crippen molar-refractivity contribution in [3.63, 3.8) is 0 Å². The Labute approximate surface area is 228 Å². The Balaban J connectivity index is 1.49. The van der Waals surface area contributed by atoms with Crippen molar-refractivity contribution in [3.05, 3.63) is 87.6 Å². The van der Waals surface area contributed by atoms with E-state index in [1.54, 1.807) is 24.3 Å². The van der Waals surface area contributed by atoms with Crippen LogP contribution < -0.4 is 10.0 Å². The van der Waals surface area contributed by atoms with Crippen LogP contribution in [-0.2, 0) is 10.0 Å². The van der Waals surface area contributed by atoms with Crippen LogP contribution in [-0.4, -0.2) is 32.2 Å². The van der Waals surface area contributed by atoms with E-state index in [1.165, 1.54) is 31.3 Å². The van der Waals surface area contributed by atoms with Crippen LogP contribution in [0.2, 0.25) is 0 Å². The Morgan fingerprint density at radius 1 is 1.16 bits per heavy atom. The lowest BCUT2D eigenvalue weighted by atomic mass is 10.0. The van der Waals surface area contributed by atoms with Crippen molar-refractivity contribution in [2.24, 2.45) is 0 Å². The summed E-state index contributed by atoms with van der Waals surface area (Å²) in [5.41, 5.74) is 2.95. The molecule has 1 aromatic heterocycles. The number of benzene rings is 3. The average Bonchev–Trinajstić information content (AvgIpc) is 3.67. The van der Waals surface area contributed by atoms with Crippen molar-refractivity contribution >= 4 is 48.5 Å². The van der Waals surface area contributed by atoms with Gasteiger partial charge in [-0.1, -0.05) is 34.1 Å². The number of anilines is 1. The molecule has 198 valence electrons. The third kappa shape index (κ3) is 5.48. The zero-order valence-corrected chi connectivity index (χ0v) is 22.9. The fourth-order valence-electron chi connectivity index (χ4n) is 4.52. The molecule has 0 saturated heterocycles. The summed E-state index contributed by atoms with van der Waals surface area (Å²) in [7, 11) is -2.30. The molecule has 38 heavy (non-hydrogen) atoms. The van der Waals surface area contributed by atoms with Crippen LogP contribution in [0.25, 0.3) is 22.3 Å². The van der Waals surface area contributed by atoms with Gasteiger partial charge in [-0.2, -0.15) is 0 Å². The number of carbonyl (C=O) groups is 1. The molecule has 3 N–H and O–H groups in total. The third-order valence-corrected chi connectivity index (χ3v) is 8.65. The highest BCUT2D eigenvalue weighted by molar-refractivity contribution is 9.10. The number of carbonyl (C=O) groups excluding carboxylic acids is 1. The normalized spacial score (nSPS) is 14.4. The molecule has 0 spiro atoms. The molecule has 1 aliphatic carbocycles. The van der Waals surface area contributed by atoms with Gasteiger partial charge in [0.2, 0.25) is 10.0 Å². The molecule has 10 heteroatoms.